The van der Waals surface area contributed by atoms with Crippen molar-refractivity contribution in [2.75, 3.05) is 26.2 Å². The van der Waals surface area contributed by atoms with Gasteiger partial charge in [0.05, 0.1) is 0 Å². The molecule has 1 amide bonds. The molecule has 1 aromatic heterocycles. The lowest BCUT2D eigenvalue weighted by Crippen LogP contribution is -2.31. The van der Waals surface area contributed by atoms with Crippen molar-refractivity contribution < 1.29 is 9.32 Å². The van der Waals surface area contributed by atoms with Crippen LogP contribution in [0.15, 0.2) is 35.2 Å². The number of carbonyl (C=O) groups is 1. The maximum atomic E-state index is 12.5. The Morgan fingerprint density at radius 2 is 1.90 bits per heavy atom. The smallest absolute Gasteiger partial charge is 0.253 e. The lowest BCUT2D eigenvalue weighted by atomic mass is 10.0. The van der Waals surface area contributed by atoms with Gasteiger partial charge in [-0.3, -0.25) is 4.79 Å². The fourth-order valence-electron chi connectivity index (χ4n) is 3.26. The number of nitrogens with zero attached hydrogens (tertiary/aromatic N) is 3. The normalized spacial score (nSPS) is 24.3. The van der Waals surface area contributed by atoms with E-state index in [-0.39, 0.29) is 5.91 Å². The van der Waals surface area contributed by atoms with E-state index in [4.69, 9.17) is 4.52 Å². The number of carbonyl (C=O) groups excluding carboxylic acids is 1. The molecule has 0 aliphatic carbocycles. The second-order valence-corrected chi connectivity index (χ2v) is 5.72. The fourth-order valence-corrected chi connectivity index (χ4v) is 3.26. The molecule has 6 nitrogen and oxygen atoms in total. The van der Waals surface area contributed by atoms with Crippen LogP contribution in [0.25, 0.3) is 11.4 Å². The standard InChI is InChI=1S/C15H16N4O2/c20-15(19-7-12-5-16-6-13(12)8-19)11-3-1-10(2-4-11)14-17-9-21-18-14/h1-4,9,12-13,16H,5-8H2/t12-,13+. The first kappa shape index (κ1) is 12.5. The van der Waals surface area contributed by atoms with Gasteiger partial charge in [-0.2, -0.15) is 4.98 Å². The van der Waals surface area contributed by atoms with E-state index < -0.39 is 0 Å². The van der Waals surface area contributed by atoms with Crippen molar-refractivity contribution in [1.82, 2.24) is 20.4 Å². The third-order valence-electron chi connectivity index (χ3n) is 4.43. The second kappa shape index (κ2) is 4.96. The summed E-state index contributed by atoms with van der Waals surface area (Å²) in [5, 5.41) is 7.17. The first-order valence-corrected chi connectivity index (χ1v) is 7.18. The van der Waals surface area contributed by atoms with Gasteiger partial charge in [0.25, 0.3) is 5.91 Å². The number of aromatic nitrogens is 2. The summed E-state index contributed by atoms with van der Waals surface area (Å²) in [7, 11) is 0. The van der Waals surface area contributed by atoms with Crippen molar-refractivity contribution in [1.29, 1.82) is 0 Å². The van der Waals surface area contributed by atoms with Gasteiger partial charge in [-0.25, -0.2) is 0 Å². The second-order valence-electron chi connectivity index (χ2n) is 5.72. The summed E-state index contributed by atoms with van der Waals surface area (Å²) in [4.78, 5) is 18.5. The van der Waals surface area contributed by atoms with E-state index in [1.165, 1.54) is 6.39 Å². The summed E-state index contributed by atoms with van der Waals surface area (Å²) in [6.07, 6.45) is 1.30. The summed E-state index contributed by atoms with van der Waals surface area (Å²) >= 11 is 0. The Kier molecular flexibility index (Phi) is 2.96. The molecule has 0 unspecified atom stereocenters. The number of nitrogens with one attached hydrogen (secondary N) is 1. The van der Waals surface area contributed by atoms with E-state index in [2.05, 4.69) is 15.5 Å². The fraction of sp³-hybridized carbons (Fsp3) is 0.400. The van der Waals surface area contributed by atoms with Crippen LogP contribution < -0.4 is 5.32 Å². The topological polar surface area (TPSA) is 71.3 Å². The molecule has 1 aromatic carbocycles. The average molecular weight is 284 g/mol. The van der Waals surface area contributed by atoms with Crippen LogP contribution in [0.4, 0.5) is 0 Å². The molecule has 0 spiro atoms. The van der Waals surface area contributed by atoms with Crippen LogP contribution in [0.3, 0.4) is 0 Å². The van der Waals surface area contributed by atoms with E-state index in [0.29, 0.717) is 17.7 Å². The molecule has 108 valence electrons. The van der Waals surface area contributed by atoms with Crippen LogP contribution in [0, 0.1) is 11.8 Å². The van der Waals surface area contributed by atoms with E-state index in [9.17, 15) is 4.79 Å². The highest BCUT2D eigenvalue weighted by Crippen LogP contribution is 2.27. The molecule has 2 aliphatic heterocycles. The molecule has 1 N–H and O–H groups in total. The molecule has 3 heterocycles. The lowest BCUT2D eigenvalue weighted by Gasteiger charge is -2.17. The van der Waals surface area contributed by atoms with Crippen molar-refractivity contribution in [2.24, 2.45) is 11.8 Å². The largest absolute Gasteiger partial charge is 0.342 e. The highest BCUT2D eigenvalue weighted by atomic mass is 16.5. The molecular weight excluding hydrogens is 268 g/mol. The molecule has 21 heavy (non-hydrogen) atoms. The van der Waals surface area contributed by atoms with Crippen molar-refractivity contribution in [3.05, 3.63) is 36.2 Å². The maximum Gasteiger partial charge on any atom is 0.253 e. The van der Waals surface area contributed by atoms with Crippen molar-refractivity contribution in [2.45, 2.75) is 0 Å². The number of benzene rings is 1. The summed E-state index contributed by atoms with van der Waals surface area (Å²) in [6, 6.07) is 7.38. The van der Waals surface area contributed by atoms with Gasteiger partial charge in [-0.15, -0.1) is 0 Å². The Hall–Kier alpha value is -2.21. The van der Waals surface area contributed by atoms with Crippen LogP contribution >= 0.6 is 0 Å². The number of fused-ring (bicyclic) bond motifs is 1. The molecule has 2 atom stereocenters. The van der Waals surface area contributed by atoms with Crippen LogP contribution in [0.2, 0.25) is 0 Å². The minimum Gasteiger partial charge on any atom is -0.342 e. The summed E-state index contributed by atoms with van der Waals surface area (Å²) in [5.74, 6) is 1.89. The molecule has 4 rings (SSSR count). The van der Waals surface area contributed by atoms with Crippen molar-refractivity contribution in [3.8, 4) is 11.4 Å². The molecule has 0 saturated carbocycles. The van der Waals surface area contributed by atoms with Crippen LogP contribution in [-0.4, -0.2) is 47.1 Å². The van der Waals surface area contributed by atoms with Crippen LogP contribution in [0.1, 0.15) is 10.4 Å². The Morgan fingerprint density at radius 3 is 2.52 bits per heavy atom. The molecule has 2 aliphatic rings. The number of hydrogen-bond donors (Lipinski definition) is 1. The third kappa shape index (κ3) is 2.21. The number of hydrogen-bond acceptors (Lipinski definition) is 5. The molecular formula is C15H16N4O2. The Labute approximate surface area is 122 Å². The van der Waals surface area contributed by atoms with Gasteiger partial charge in [0.1, 0.15) is 0 Å². The van der Waals surface area contributed by atoms with Gasteiger partial charge >= 0.3 is 0 Å². The summed E-state index contributed by atoms with van der Waals surface area (Å²) in [5.41, 5.74) is 1.57. The van der Waals surface area contributed by atoms with Gasteiger partial charge in [0.15, 0.2) is 0 Å². The Morgan fingerprint density at radius 1 is 1.19 bits per heavy atom. The zero-order valence-electron chi connectivity index (χ0n) is 11.5. The maximum absolute atomic E-state index is 12.5. The van der Waals surface area contributed by atoms with Gasteiger partial charge < -0.3 is 14.7 Å². The predicted octanol–water partition coefficient (Wildman–Crippen LogP) is 1.03. The Balaban J connectivity index is 1.50. The van der Waals surface area contributed by atoms with Gasteiger partial charge in [-0.1, -0.05) is 17.3 Å². The zero-order valence-corrected chi connectivity index (χ0v) is 11.5. The van der Waals surface area contributed by atoms with E-state index in [0.717, 1.165) is 37.3 Å². The zero-order chi connectivity index (χ0) is 14.2. The number of amides is 1. The monoisotopic (exact) mass is 284 g/mol. The molecule has 2 saturated heterocycles. The summed E-state index contributed by atoms with van der Waals surface area (Å²) < 4.78 is 4.73. The van der Waals surface area contributed by atoms with Gasteiger partial charge in [0, 0.05) is 37.3 Å². The van der Waals surface area contributed by atoms with E-state index >= 15 is 0 Å². The minimum absolute atomic E-state index is 0.115. The SMILES string of the molecule is O=C(c1ccc(-c2ncon2)cc1)N1C[C@H]2CNC[C@H]2C1. The highest BCUT2D eigenvalue weighted by molar-refractivity contribution is 5.94. The minimum atomic E-state index is 0.115. The predicted molar refractivity (Wildman–Crippen MR) is 75.5 cm³/mol. The lowest BCUT2D eigenvalue weighted by molar-refractivity contribution is 0.0781. The molecule has 6 heteroatoms. The van der Waals surface area contributed by atoms with Crippen LogP contribution in [0.5, 0.6) is 0 Å². The molecule has 0 radical (unpaired) electrons. The van der Waals surface area contributed by atoms with Crippen molar-refractivity contribution >= 4 is 5.91 Å². The van der Waals surface area contributed by atoms with Crippen molar-refractivity contribution in [3.63, 3.8) is 0 Å². The van der Waals surface area contributed by atoms with Crippen LogP contribution in [-0.2, 0) is 0 Å². The van der Waals surface area contributed by atoms with Gasteiger partial charge in [0.2, 0.25) is 12.2 Å². The Bertz CT molecular complexity index is 626. The first-order valence-electron chi connectivity index (χ1n) is 7.18. The first-order chi connectivity index (χ1) is 10.3. The highest BCUT2D eigenvalue weighted by Gasteiger charge is 2.38. The molecule has 0 bridgehead atoms. The quantitative estimate of drug-likeness (QED) is 0.891. The average Bonchev–Trinajstić information content (AvgIpc) is 3.23. The number of likely N-dealkylation sites (tertiary alicyclic amines) is 1. The van der Waals surface area contributed by atoms with Gasteiger partial charge in [-0.05, 0) is 24.0 Å². The molecule has 2 aromatic rings. The third-order valence-corrected chi connectivity index (χ3v) is 4.43. The number of rotatable bonds is 2. The van der Waals surface area contributed by atoms with E-state index in [1.807, 2.05) is 29.2 Å². The molecule has 2 fully saturated rings. The summed E-state index contributed by atoms with van der Waals surface area (Å²) in [6.45, 7) is 3.79. The van der Waals surface area contributed by atoms with E-state index in [1.54, 1.807) is 0 Å².